The monoisotopic (exact) mass is 283 g/mol. The molecule has 4 rings (SSSR count). The molecule has 1 atom stereocenters. The van der Waals surface area contributed by atoms with E-state index in [9.17, 15) is 0 Å². The lowest BCUT2D eigenvalue weighted by molar-refractivity contribution is 0.603. The molecule has 0 saturated carbocycles. The van der Waals surface area contributed by atoms with Gasteiger partial charge in [-0.3, -0.25) is 0 Å². The van der Waals surface area contributed by atoms with Crippen LogP contribution in [0.3, 0.4) is 0 Å². The van der Waals surface area contributed by atoms with E-state index >= 15 is 0 Å². The zero-order chi connectivity index (χ0) is 13.7. The van der Waals surface area contributed by atoms with Gasteiger partial charge in [0.05, 0.1) is 5.56 Å². The molecule has 0 spiro atoms. The van der Waals surface area contributed by atoms with Crippen molar-refractivity contribution in [2.75, 3.05) is 0 Å². The largest absolute Gasteiger partial charge is 0.235 e. The first kappa shape index (κ1) is 11.5. The van der Waals surface area contributed by atoms with Gasteiger partial charge in [0.15, 0.2) is 10.8 Å². The molecule has 2 aromatic heterocycles. The van der Waals surface area contributed by atoms with Crippen LogP contribution < -0.4 is 0 Å². The second-order valence-corrected chi connectivity index (χ2v) is 5.21. The third-order valence-corrected chi connectivity index (χ3v) is 3.90. The number of fused-ring (bicyclic) bond motifs is 3. The average Bonchev–Trinajstić information content (AvgIpc) is 3.05. The minimum atomic E-state index is -0.588. The van der Waals surface area contributed by atoms with Crippen molar-refractivity contribution in [1.29, 1.82) is 0 Å². The number of nitrogens with zero attached hydrogens (tertiary/aromatic N) is 5. The molecule has 6 heteroatoms. The van der Waals surface area contributed by atoms with Crippen LogP contribution in [0.15, 0.2) is 53.0 Å². The Balaban J connectivity index is 2.09. The first-order valence-electron chi connectivity index (χ1n) is 6.22. The Morgan fingerprint density at radius 1 is 1.20 bits per heavy atom. The van der Waals surface area contributed by atoms with Crippen LogP contribution in [0.2, 0.25) is 5.15 Å². The van der Waals surface area contributed by atoms with E-state index in [1.807, 2.05) is 37.3 Å². The van der Waals surface area contributed by atoms with Crippen molar-refractivity contribution in [2.24, 2.45) is 10.2 Å². The summed E-state index contributed by atoms with van der Waals surface area (Å²) in [7, 11) is 0. The van der Waals surface area contributed by atoms with E-state index in [0.717, 1.165) is 16.8 Å². The van der Waals surface area contributed by atoms with Crippen molar-refractivity contribution >= 4 is 22.9 Å². The Morgan fingerprint density at radius 3 is 2.80 bits per heavy atom. The third-order valence-electron chi connectivity index (χ3n) is 3.65. The molecule has 0 radical (unpaired) electrons. The summed E-state index contributed by atoms with van der Waals surface area (Å²) in [5.74, 6) is 0. The van der Waals surface area contributed by atoms with Crippen LogP contribution in [0.5, 0.6) is 0 Å². The molecule has 1 aliphatic rings. The van der Waals surface area contributed by atoms with E-state index in [1.54, 1.807) is 16.9 Å². The summed E-state index contributed by atoms with van der Waals surface area (Å²) in [6.45, 7) is 2.02. The van der Waals surface area contributed by atoms with Crippen molar-refractivity contribution in [2.45, 2.75) is 12.5 Å². The first-order chi connectivity index (χ1) is 9.70. The minimum absolute atomic E-state index is 0.342. The SMILES string of the molecule is CC1(c2ccccc2)N=Nc2c(Cl)nn3ccnc3c21. The number of azo groups is 1. The Bertz CT molecular complexity index is 839. The van der Waals surface area contributed by atoms with Crippen LogP contribution in [0.4, 0.5) is 5.69 Å². The summed E-state index contributed by atoms with van der Waals surface area (Å²) in [4.78, 5) is 4.37. The molecule has 3 heterocycles. The second kappa shape index (κ2) is 3.86. The lowest BCUT2D eigenvalue weighted by Crippen LogP contribution is -2.19. The van der Waals surface area contributed by atoms with E-state index in [1.165, 1.54) is 0 Å². The molecule has 0 N–H and O–H groups in total. The second-order valence-electron chi connectivity index (χ2n) is 4.85. The van der Waals surface area contributed by atoms with Gasteiger partial charge >= 0.3 is 0 Å². The number of imidazole rings is 1. The smallest absolute Gasteiger partial charge is 0.178 e. The van der Waals surface area contributed by atoms with Gasteiger partial charge in [0.2, 0.25) is 0 Å². The fourth-order valence-electron chi connectivity index (χ4n) is 2.61. The van der Waals surface area contributed by atoms with Gasteiger partial charge in [0.25, 0.3) is 0 Å². The number of hydrogen-bond donors (Lipinski definition) is 0. The molecule has 0 bridgehead atoms. The normalized spacial score (nSPS) is 20.5. The highest BCUT2D eigenvalue weighted by Crippen LogP contribution is 2.48. The predicted molar refractivity (Wildman–Crippen MR) is 75.4 cm³/mol. The molecule has 3 aromatic rings. The van der Waals surface area contributed by atoms with Crippen LogP contribution in [-0.2, 0) is 5.54 Å². The van der Waals surface area contributed by atoms with Crippen LogP contribution in [0.25, 0.3) is 5.65 Å². The van der Waals surface area contributed by atoms with Crippen molar-refractivity contribution in [3.8, 4) is 0 Å². The molecule has 5 nitrogen and oxygen atoms in total. The zero-order valence-corrected chi connectivity index (χ0v) is 11.4. The zero-order valence-electron chi connectivity index (χ0n) is 10.7. The Morgan fingerprint density at radius 2 is 2.00 bits per heavy atom. The summed E-state index contributed by atoms with van der Waals surface area (Å²) in [6, 6.07) is 10.0. The number of aromatic nitrogens is 3. The maximum absolute atomic E-state index is 6.21. The molecule has 1 aromatic carbocycles. The Labute approximate surface area is 119 Å². The lowest BCUT2D eigenvalue weighted by Gasteiger charge is -2.21. The van der Waals surface area contributed by atoms with Crippen molar-refractivity contribution in [1.82, 2.24) is 14.6 Å². The number of hydrogen-bond acceptors (Lipinski definition) is 4. The van der Waals surface area contributed by atoms with Gasteiger partial charge in [-0.25, -0.2) is 9.50 Å². The molecule has 0 amide bonds. The third kappa shape index (κ3) is 1.38. The number of halogens is 1. The Kier molecular flexibility index (Phi) is 2.23. The van der Waals surface area contributed by atoms with Gasteiger partial charge in [-0.05, 0) is 12.5 Å². The lowest BCUT2D eigenvalue weighted by atomic mass is 9.86. The van der Waals surface area contributed by atoms with Gasteiger partial charge < -0.3 is 0 Å². The van der Waals surface area contributed by atoms with Crippen molar-refractivity contribution in [3.05, 3.63) is 59.0 Å². The van der Waals surface area contributed by atoms with Crippen molar-refractivity contribution in [3.63, 3.8) is 0 Å². The number of benzene rings is 1. The maximum atomic E-state index is 6.21. The van der Waals surface area contributed by atoms with Crippen molar-refractivity contribution < 1.29 is 0 Å². The quantitative estimate of drug-likeness (QED) is 0.683. The molecule has 0 fully saturated rings. The molecule has 20 heavy (non-hydrogen) atoms. The fraction of sp³-hybridized carbons (Fsp3) is 0.143. The maximum Gasteiger partial charge on any atom is 0.178 e. The molecular formula is C14H10ClN5. The van der Waals surface area contributed by atoms with Gasteiger partial charge in [0.1, 0.15) is 11.2 Å². The summed E-state index contributed by atoms with van der Waals surface area (Å²) in [5, 5.41) is 13.3. The molecular weight excluding hydrogens is 274 g/mol. The summed E-state index contributed by atoms with van der Waals surface area (Å²) in [6.07, 6.45) is 3.47. The highest BCUT2D eigenvalue weighted by molar-refractivity contribution is 6.32. The van der Waals surface area contributed by atoms with E-state index < -0.39 is 5.54 Å². The number of rotatable bonds is 1. The van der Waals surface area contributed by atoms with Gasteiger partial charge in [-0.15, -0.1) is 0 Å². The topological polar surface area (TPSA) is 54.9 Å². The standard InChI is InChI=1S/C14H10ClN5/c1-14(9-5-3-2-4-6-9)10-11(17-19-14)12(15)18-20-8-7-16-13(10)20/h2-8H,1H3. The Hall–Kier alpha value is -2.27. The van der Waals surface area contributed by atoms with E-state index in [4.69, 9.17) is 11.6 Å². The van der Waals surface area contributed by atoms with Gasteiger partial charge in [-0.1, -0.05) is 41.9 Å². The summed E-state index contributed by atoms with van der Waals surface area (Å²) >= 11 is 6.21. The molecule has 0 saturated heterocycles. The highest BCUT2D eigenvalue weighted by Gasteiger charge is 2.40. The van der Waals surface area contributed by atoms with Crippen LogP contribution >= 0.6 is 11.6 Å². The van der Waals surface area contributed by atoms with Crippen LogP contribution in [0.1, 0.15) is 18.1 Å². The highest BCUT2D eigenvalue weighted by atomic mass is 35.5. The van der Waals surface area contributed by atoms with E-state index in [2.05, 4.69) is 20.3 Å². The fourth-order valence-corrected chi connectivity index (χ4v) is 2.83. The molecule has 1 unspecified atom stereocenters. The van der Waals surface area contributed by atoms with E-state index in [-0.39, 0.29) is 0 Å². The van der Waals surface area contributed by atoms with Crippen LogP contribution in [-0.4, -0.2) is 14.6 Å². The summed E-state index contributed by atoms with van der Waals surface area (Å²) < 4.78 is 1.67. The predicted octanol–water partition coefficient (Wildman–Crippen LogP) is 3.74. The van der Waals surface area contributed by atoms with E-state index in [0.29, 0.717) is 10.8 Å². The van der Waals surface area contributed by atoms with Gasteiger partial charge in [0, 0.05) is 12.4 Å². The molecule has 0 aliphatic carbocycles. The minimum Gasteiger partial charge on any atom is -0.235 e. The first-order valence-corrected chi connectivity index (χ1v) is 6.60. The average molecular weight is 284 g/mol. The summed E-state index contributed by atoms with van der Waals surface area (Å²) in [5.41, 5.74) is 2.70. The molecule has 1 aliphatic heterocycles. The van der Waals surface area contributed by atoms with Gasteiger partial charge in [-0.2, -0.15) is 15.3 Å². The molecule has 98 valence electrons. The van der Waals surface area contributed by atoms with Crippen LogP contribution in [0, 0.1) is 0 Å².